The Balaban J connectivity index is 2.63. The van der Waals surface area contributed by atoms with Crippen molar-refractivity contribution in [2.45, 2.75) is 0 Å². The number of hydrazine groups is 1. The Labute approximate surface area is 96.3 Å². The second kappa shape index (κ2) is 4.42. The molecular weight excluding hydrogens is 231 g/mol. The van der Waals surface area contributed by atoms with E-state index in [4.69, 9.17) is 17.4 Å². The number of halogens is 2. The van der Waals surface area contributed by atoms with Gasteiger partial charge in [0.1, 0.15) is 5.69 Å². The number of rotatable bonds is 2. The highest BCUT2D eigenvalue weighted by Crippen LogP contribution is 2.29. The average Bonchev–Trinajstić information content (AvgIpc) is 2.33. The van der Waals surface area contributed by atoms with E-state index in [-0.39, 0.29) is 10.6 Å². The normalized spacial score (nSPS) is 10.2. The second-order valence-corrected chi connectivity index (χ2v) is 3.41. The van der Waals surface area contributed by atoms with Crippen LogP contribution in [-0.4, -0.2) is 9.97 Å². The van der Waals surface area contributed by atoms with E-state index in [1.165, 1.54) is 18.5 Å². The lowest BCUT2D eigenvalue weighted by molar-refractivity contribution is 0.631. The lowest BCUT2D eigenvalue weighted by Crippen LogP contribution is -2.10. The van der Waals surface area contributed by atoms with E-state index in [1.807, 2.05) is 0 Å². The first-order chi connectivity index (χ1) is 7.74. The van der Waals surface area contributed by atoms with Gasteiger partial charge in [0.25, 0.3) is 0 Å². The summed E-state index contributed by atoms with van der Waals surface area (Å²) in [7, 11) is 0. The van der Waals surface area contributed by atoms with Crippen molar-refractivity contribution in [2.75, 3.05) is 5.43 Å². The third-order valence-corrected chi connectivity index (χ3v) is 2.33. The Bertz CT molecular complexity index is 518. The molecule has 0 atom stereocenters. The van der Waals surface area contributed by atoms with Gasteiger partial charge in [0.2, 0.25) is 0 Å². The van der Waals surface area contributed by atoms with E-state index in [9.17, 15) is 4.39 Å². The highest BCUT2D eigenvalue weighted by Gasteiger charge is 2.13. The molecule has 0 aliphatic heterocycles. The van der Waals surface area contributed by atoms with E-state index < -0.39 is 5.82 Å². The standard InChI is InChI=1S/C10H8ClFN4/c11-7-3-1-2-6(8(7)12)9-10(16-13)15-5-4-14-9/h1-5H,13H2,(H,15,16). The van der Waals surface area contributed by atoms with Gasteiger partial charge in [-0.3, -0.25) is 4.98 Å². The van der Waals surface area contributed by atoms with Crippen molar-refractivity contribution in [1.29, 1.82) is 0 Å². The molecule has 0 unspecified atom stereocenters. The molecule has 1 aromatic heterocycles. The minimum absolute atomic E-state index is 0.0334. The Morgan fingerprint density at radius 1 is 1.25 bits per heavy atom. The van der Waals surface area contributed by atoms with Crippen LogP contribution >= 0.6 is 11.6 Å². The van der Waals surface area contributed by atoms with Crippen LogP contribution in [0.25, 0.3) is 11.3 Å². The summed E-state index contributed by atoms with van der Waals surface area (Å²) < 4.78 is 13.7. The number of nitrogens with zero attached hydrogens (tertiary/aromatic N) is 2. The highest BCUT2D eigenvalue weighted by atomic mass is 35.5. The molecule has 4 nitrogen and oxygen atoms in total. The molecule has 3 N–H and O–H groups in total. The number of nitrogens with two attached hydrogens (primary N) is 1. The third-order valence-electron chi connectivity index (χ3n) is 2.04. The van der Waals surface area contributed by atoms with E-state index in [0.29, 0.717) is 11.5 Å². The van der Waals surface area contributed by atoms with Crippen LogP contribution in [-0.2, 0) is 0 Å². The van der Waals surface area contributed by atoms with Gasteiger partial charge >= 0.3 is 0 Å². The van der Waals surface area contributed by atoms with Gasteiger partial charge in [-0.05, 0) is 12.1 Å². The number of anilines is 1. The fourth-order valence-corrected chi connectivity index (χ4v) is 1.50. The van der Waals surface area contributed by atoms with Crippen LogP contribution in [0.1, 0.15) is 0 Å². The molecule has 6 heteroatoms. The Kier molecular flexibility index (Phi) is 2.98. The molecule has 0 fully saturated rings. The smallest absolute Gasteiger partial charge is 0.166 e. The maximum Gasteiger partial charge on any atom is 0.166 e. The van der Waals surface area contributed by atoms with Crippen LogP contribution in [0.3, 0.4) is 0 Å². The SMILES string of the molecule is NNc1nccnc1-c1cccc(Cl)c1F. The fourth-order valence-electron chi connectivity index (χ4n) is 1.33. The predicted octanol–water partition coefficient (Wildman–Crippen LogP) is 2.22. The first-order valence-corrected chi connectivity index (χ1v) is 4.84. The number of aromatic nitrogens is 2. The molecule has 0 bridgehead atoms. The van der Waals surface area contributed by atoms with Crippen molar-refractivity contribution in [1.82, 2.24) is 9.97 Å². The molecule has 82 valence electrons. The topological polar surface area (TPSA) is 63.8 Å². The van der Waals surface area contributed by atoms with Crippen LogP contribution in [0.5, 0.6) is 0 Å². The van der Waals surface area contributed by atoms with Crippen molar-refractivity contribution in [3.8, 4) is 11.3 Å². The van der Waals surface area contributed by atoms with Gasteiger partial charge in [0.15, 0.2) is 11.6 Å². The zero-order valence-corrected chi connectivity index (χ0v) is 8.87. The molecule has 2 rings (SSSR count). The summed E-state index contributed by atoms with van der Waals surface area (Å²) in [6, 6.07) is 4.66. The summed E-state index contributed by atoms with van der Waals surface area (Å²) in [6.45, 7) is 0. The number of nitrogen functional groups attached to an aromatic ring is 1. The van der Waals surface area contributed by atoms with Crippen molar-refractivity contribution < 1.29 is 4.39 Å². The third kappa shape index (κ3) is 1.82. The maximum absolute atomic E-state index is 13.7. The summed E-state index contributed by atoms with van der Waals surface area (Å²) in [5, 5.41) is 0.0334. The van der Waals surface area contributed by atoms with Crippen molar-refractivity contribution in [3.05, 3.63) is 41.4 Å². The van der Waals surface area contributed by atoms with Crippen molar-refractivity contribution in [2.24, 2.45) is 5.84 Å². The van der Waals surface area contributed by atoms with Gasteiger partial charge in [0, 0.05) is 18.0 Å². The molecule has 0 aliphatic rings. The van der Waals surface area contributed by atoms with Crippen molar-refractivity contribution >= 4 is 17.4 Å². The van der Waals surface area contributed by atoms with Gasteiger partial charge in [-0.25, -0.2) is 15.2 Å². The van der Waals surface area contributed by atoms with Crippen LogP contribution in [0.2, 0.25) is 5.02 Å². The summed E-state index contributed by atoms with van der Waals surface area (Å²) in [5.41, 5.74) is 2.94. The maximum atomic E-state index is 13.7. The Morgan fingerprint density at radius 2 is 2.00 bits per heavy atom. The monoisotopic (exact) mass is 238 g/mol. The second-order valence-electron chi connectivity index (χ2n) is 3.00. The van der Waals surface area contributed by atoms with Gasteiger partial charge < -0.3 is 5.43 Å². The van der Waals surface area contributed by atoms with Crippen molar-refractivity contribution in [3.63, 3.8) is 0 Å². The van der Waals surface area contributed by atoms with E-state index in [0.717, 1.165) is 0 Å². The molecular formula is C10H8ClFN4. The number of hydrogen-bond acceptors (Lipinski definition) is 4. The molecule has 0 spiro atoms. The molecule has 0 saturated heterocycles. The molecule has 0 amide bonds. The largest absolute Gasteiger partial charge is 0.307 e. The summed E-state index contributed by atoms with van der Waals surface area (Å²) in [6.07, 6.45) is 2.91. The quantitative estimate of drug-likeness (QED) is 0.622. The van der Waals surface area contributed by atoms with Crippen LogP contribution in [0, 0.1) is 5.82 Å². The highest BCUT2D eigenvalue weighted by molar-refractivity contribution is 6.31. The van der Waals surface area contributed by atoms with Gasteiger partial charge in [-0.2, -0.15) is 0 Å². The number of hydrogen-bond donors (Lipinski definition) is 2. The Hall–Kier alpha value is -1.72. The van der Waals surface area contributed by atoms with Crippen LogP contribution in [0.15, 0.2) is 30.6 Å². The fraction of sp³-hybridized carbons (Fsp3) is 0. The Morgan fingerprint density at radius 3 is 2.75 bits per heavy atom. The summed E-state index contributed by atoms with van der Waals surface area (Å²) >= 11 is 5.68. The van der Waals surface area contributed by atoms with E-state index >= 15 is 0 Å². The molecule has 0 saturated carbocycles. The minimum atomic E-state index is -0.541. The molecule has 0 aliphatic carbocycles. The lowest BCUT2D eigenvalue weighted by atomic mass is 10.1. The molecule has 16 heavy (non-hydrogen) atoms. The zero-order valence-electron chi connectivity index (χ0n) is 8.11. The molecule has 1 heterocycles. The molecule has 2 aromatic rings. The van der Waals surface area contributed by atoms with E-state index in [1.54, 1.807) is 12.1 Å². The molecule has 1 aromatic carbocycles. The van der Waals surface area contributed by atoms with Crippen LogP contribution < -0.4 is 11.3 Å². The minimum Gasteiger partial charge on any atom is -0.307 e. The predicted molar refractivity (Wildman–Crippen MR) is 60.2 cm³/mol. The van der Waals surface area contributed by atoms with Gasteiger partial charge in [-0.1, -0.05) is 17.7 Å². The lowest BCUT2D eigenvalue weighted by Gasteiger charge is -2.07. The summed E-state index contributed by atoms with van der Waals surface area (Å²) in [4.78, 5) is 7.95. The average molecular weight is 239 g/mol. The number of benzene rings is 1. The zero-order chi connectivity index (χ0) is 11.5. The van der Waals surface area contributed by atoms with Gasteiger partial charge in [-0.15, -0.1) is 0 Å². The van der Waals surface area contributed by atoms with Gasteiger partial charge in [0.05, 0.1) is 5.02 Å². The summed E-state index contributed by atoms with van der Waals surface area (Å²) in [5.74, 6) is 5.02. The van der Waals surface area contributed by atoms with Crippen LogP contribution in [0.4, 0.5) is 10.2 Å². The number of nitrogens with one attached hydrogen (secondary N) is 1. The van der Waals surface area contributed by atoms with E-state index in [2.05, 4.69) is 15.4 Å². The first kappa shape index (κ1) is 10.8. The first-order valence-electron chi connectivity index (χ1n) is 4.46. The molecule has 0 radical (unpaired) electrons.